The van der Waals surface area contributed by atoms with Crippen molar-refractivity contribution < 1.29 is 0 Å². The number of nitrogens with one attached hydrogen (secondary N) is 1. The summed E-state index contributed by atoms with van der Waals surface area (Å²) in [6, 6.07) is 3.99. The summed E-state index contributed by atoms with van der Waals surface area (Å²) in [7, 11) is 0. The van der Waals surface area contributed by atoms with E-state index in [1.807, 2.05) is 29.8 Å². The Bertz CT molecular complexity index is 446. The number of pyridine rings is 1. The van der Waals surface area contributed by atoms with Crippen molar-refractivity contribution in [3.8, 4) is 0 Å². The molecule has 1 N–H and O–H groups in total. The highest BCUT2D eigenvalue weighted by atomic mass is 15.3. The predicted molar refractivity (Wildman–Crippen MR) is 62.0 cm³/mol. The molecule has 0 saturated carbocycles. The number of anilines is 1. The second-order valence-corrected chi connectivity index (χ2v) is 3.61. The Morgan fingerprint density at radius 1 is 1.38 bits per heavy atom. The lowest BCUT2D eigenvalue weighted by Gasteiger charge is -2.06. The van der Waals surface area contributed by atoms with Crippen molar-refractivity contribution in [1.29, 1.82) is 0 Å². The van der Waals surface area contributed by atoms with E-state index in [0.29, 0.717) is 6.54 Å². The molecule has 0 aliphatic heterocycles. The molecule has 0 radical (unpaired) electrons. The summed E-state index contributed by atoms with van der Waals surface area (Å²) in [5, 5.41) is 11.1. The smallest absolute Gasteiger partial charge is 0.152 e. The van der Waals surface area contributed by atoms with Crippen LogP contribution in [0.25, 0.3) is 0 Å². The topological polar surface area (TPSA) is 55.6 Å². The molecule has 16 heavy (non-hydrogen) atoms. The van der Waals surface area contributed by atoms with Gasteiger partial charge in [-0.3, -0.25) is 0 Å². The number of hydrogen-bond donors (Lipinski definition) is 1. The number of rotatable bonds is 4. The molecule has 0 bridgehead atoms. The molecule has 0 aromatic carbocycles. The standard InChI is InChI=1S/C11H15N5/c1-3-16-8-14-15-11(16)7-13-10-5-4-9(2)6-12-10/h4-6,8H,3,7H2,1-2H3,(H,12,13). The van der Waals surface area contributed by atoms with E-state index >= 15 is 0 Å². The summed E-state index contributed by atoms with van der Waals surface area (Å²) in [4.78, 5) is 4.26. The van der Waals surface area contributed by atoms with Crippen LogP contribution in [0.4, 0.5) is 5.82 Å². The fourth-order valence-corrected chi connectivity index (χ4v) is 1.42. The molecule has 0 amide bonds. The molecule has 0 saturated heterocycles. The van der Waals surface area contributed by atoms with Crippen LogP contribution in [-0.2, 0) is 13.1 Å². The van der Waals surface area contributed by atoms with Crippen LogP contribution >= 0.6 is 0 Å². The van der Waals surface area contributed by atoms with Gasteiger partial charge in [-0.15, -0.1) is 10.2 Å². The Balaban J connectivity index is 1.99. The molecule has 0 atom stereocenters. The van der Waals surface area contributed by atoms with Crippen molar-refractivity contribution in [2.75, 3.05) is 5.32 Å². The van der Waals surface area contributed by atoms with Crippen molar-refractivity contribution in [3.63, 3.8) is 0 Å². The molecule has 0 aliphatic carbocycles. The molecule has 0 fully saturated rings. The first-order valence-electron chi connectivity index (χ1n) is 5.33. The van der Waals surface area contributed by atoms with Gasteiger partial charge in [-0.05, 0) is 25.5 Å². The third-order valence-corrected chi connectivity index (χ3v) is 2.38. The molecule has 2 rings (SSSR count). The zero-order chi connectivity index (χ0) is 11.4. The zero-order valence-electron chi connectivity index (χ0n) is 9.51. The SMILES string of the molecule is CCn1cnnc1CNc1ccc(C)cn1. The Kier molecular flexibility index (Phi) is 3.14. The number of nitrogens with zero attached hydrogens (tertiary/aromatic N) is 4. The van der Waals surface area contributed by atoms with Crippen molar-refractivity contribution >= 4 is 5.82 Å². The van der Waals surface area contributed by atoms with E-state index in [9.17, 15) is 0 Å². The second-order valence-electron chi connectivity index (χ2n) is 3.61. The lowest BCUT2D eigenvalue weighted by molar-refractivity contribution is 0.707. The Morgan fingerprint density at radius 2 is 2.25 bits per heavy atom. The third-order valence-electron chi connectivity index (χ3n) is 2.38. The van der Waals surface area contributed by atoms with Gasteiger partial charge < -0.3 is 9.88 Å². The van der Waals surface area contributed by atoms with Crippen molar-refractivity contribution in [2.45, 2.75) is 26.9 Å². The van der Waals surface area contributed by atoms with Gasteiger partial charge in [-0.1, -0.05) is 6.07 Å². The van der Waals surface area contributed by atoms with E-state index < -0.39 is 0 Å². The lowest BCUT2D eigenvalue weighted by atomic mass is 10.3. The van der Waals surface area contributed by atoms with Crippen LogP contribution in [0.2, 0.25) is 0 Å². The van der Waals surface area contributed by atoms with Gasteiger partial charge in [0.1, 0.15) is 12.1 Å². The van der Waals surface area contributed by atoms with E-state index in [0.717, 1.165) is 23.8 Å². The first-order chi connectivity index (χ1) is 7.79. The van der Waals surface area contributed by atoms with Crippen molar-refractivity contribution in [1.82, 2.24) is 19.7 Å². The molecule has 5 heteroatoms. The van der Waals surface area contributed by atoms with Gasteiger partial charge in [0.25, 0.3) is 0 Å². The molecule has 5 nitrogen and oxygen atoms in total. The average Bonchev–Trinajstić information content (AvgIpc) is 2.76. The fraction of sp³-hybridized carbons (Fsp3) is 0.364. The van der Waals surface area contributed by atoms with Gasteiger partial charge in [0.15, 0.2) is 5.82 Å². The van der Waals surface area contributed by atoms with Crippen LogP contribution < -0.4 is 5.32 Å². The summed E-state index contributed by atoms with van der Waals surface area (Å²) in [6.07, 6.45) is 3.58. The Hall–Kier alpha value is -1.91. The molecule has 0 spiro atoms. The van der Waals surface area contributed by atoms with E-state index in [1.165, 1.54) is 0 Å². The van der Waals surface area contributed by atoms with Crippen LogP contribution in [0.3, 0.4) is 0 Å². The summed E-state index contributed by atoms with van der Waals surface area (Å²) in [6.45, 7) is 5.61. The summed E-state index contributed by atoms with van der Waals surface area (Å²) in [5.41, 5.74) is 1.15. The van der Waals surface area contributed by atoms with Crippen molar-refractivity contribution in [2.24, 2.45) is 0 Å². The van der Waals surface area contributed by atoms with Crippen LogP contribution in [0.1, 0.15) is 18.3 Å². The summed E-state index contributed by atoms with van der Waals surface area (Å²) in [5.74, 6) is 1.78. The van der Waals surface area contributed by atoms with Crippen LogP contribution in [0.5, 0.6) is 0 Å². The van der Waals surface area contributed by atoms with Crippen LogP contribution in [0.15, 0.2) is 24.7 Å². The molecule has 2 heterocycles. The highest BCUT2D eigenvalue weighted by Crippen LogP contribution is 2.05. The molecule has 84 valence electrons. The zero-order valence-corrected chi connectivity index (χ0v) is 9.51. The van der Waals surface area contributed by atoms with E-state index in [4.69, 9.17) is 0 Å². The maximum atomic E-state index is 4.26. The minimum absolute atomic E-state index is 0.643. The second kappa shape index (κ2) is 4.74. The van der Waals surface area contributed by atoms with Gasteiger partial charge in [0, 0.05) is 12.7 Å². The number of aryl methyl sites for hydroxylation is 2. The van der Waals surface area contributed by atoms with Crippen LogP contribution in [0, 0.1) is 6.92 Å². The molecular formula is C11H15N5. The van der Waals surface area contributed by atoms with E-state index in [2.05, 4.69) is 27.4 Å². The summed E-state index contributed by atoms with van der Waals surface area (Å²) >= 11 is 0. The first kappa shape index (κ1) is 10.6. The molecule has 2 aromatic rings. The number of hydrogen-bond acceptors (Lipinski definition) is 4. The van der Waals surface area contributed by atoms with Crippen LogP contribution in [-0.4, -0.2) is 19.7 Å². The quantitative estimate of drug-likeness (QED) is 0.845. The van der Waals surface area contributed by atoms with Crippen molar-refractivity contribution in [3.05, 3.63) is 36.0 Å². The maximum absolute atomic E-state index is 4.26. The van der Waals surface area contributed by atoms with Gasteiger partial charge in [0.05, 0.1) is 6.54 Å². The molecule has 2 aromatic heterocycles. The molecule has 0 aliphatic rings. The summed E-state index contributed by atoms with van der Waals surface area (Å²) < 4.78 is 2.00. The highest BCUT2D eigenvalue weighted by Gasteiger charge is 2.02. The van der Waals surface area contributed by atoms with Gasteiger partial charge in [-0.25, -0.2) is 4.98 Å². The highest BCUT2D eigenvalue weighted by molar-refractivity contribution is 5.35. The maximum Gasteiger partial charge on any atom is 0.152 e. The van der Waals surface area contributed by atoms with Gasteiger partial charge in [-0.2, -0.15) is 0 Å². The fourth-order valence-electron chi connectivity index (χ4n) is 1.42. The van der Waals surface area contributed by atoms with E-state index in [-0.39, 0.29) is 0 Å². The third kappa shape index (κ3) is 2.36. The first-order valence-corrected chi connectivity index (χ1v) is 5.33. The average molecular weight is 217 g/mol. The largest absolute Gasteiger partial charge is 0.363 e. The van der Waals surface area contributed by atoms with E-state index in [1.54, 1.807) is 6.33 Å². The van der Waals surface area contributed by atoms with Gasteiger partial charge >= 0.3 is 0 Å². The van der Waals surface area contributed by atoms with Gasteiger partial charge in [0.2, 0.25) is 0 Å². The molecule has 0 unspecified atom stereocenters. The Labute approximate surface area is 94.5 Å². The molecular weight excluding hydrogens is 202 g/mol. The minimum Gasteiger partial charge on any atom is -0.363 e. The Morgan fingerprint density at radius 3 is 2.94 bits per heavy atom. The normalized spacial score (nSPS) is 10.4. The number of aromatic nitrogens is 4. The lowest BCUT2D eigenvalue weighted by Crippen LogP contribution is -2.08. The minimum atomic E-state index is 0.643. The monoisotopic (exact) mass is 217 g/mol. The predicted octanol–water partition coefficient (Wildman–Crippen LogP) is 1.61.